The Hall–Kier alpha value is -1.74. The number of aliphatic hydroxyl groups is 1. The predicted molar refractivity (Wildman–Crippen MR) is 152 cm³/mol. The van der Waals surface area contributed by atoms with Gasteiger partial charge in [0.1, 0.15) is 6.10 Å². The summed E-state index contributed by atoms with van der Waals surface area (Å²) in [7, 11) is -4.96. The van der Waals surface area contributed by atoms with Crippen LogP contribution in [0.1, 0.15) is 54.4 Å². The van der Waals surface area contributed by atoms with Gasteiger partial charge >= 0.3 is 5.97 Å². The molecule has 1 aliphatic carbocycles. The maximum absolute atomic E-state index is 12.3. The molecule has 1 unspecified atom stereocenters. The van der Waals surface area contributed by atoms with E-state index in [1.165, 1.54) is 10.4 Å². The number of carbonyl (C=O) groups is 1. The number of carbonyl (C=O) groups excluding carboxylic acids is 1. The molecule has 1 saturated carbocycles. The minimum atomic E-state index is -2.81. The third kappa shape index (κ3) is 4.55. The number of aliphatic hydroxyl groups excluding tert-OH is 1. The van der Waals surface area contributed by atoms with Crippen molar-refractivity contribution in [3.8, 4) is 0 Å². The quantitative estimate of drug-likeness (QED) is 0.412. The van der Waals surface area contributed by atoms with Crippen LogP contribution in [0.25, 0.3) is 0 Å². The molecule has 2 fully saturated rings. The predicted octanol–water partition coefficient (Wildman–Crippen LogP) is 5.29. The number of esters is 1. The van der Waals surface area contributed by atoms with Crippen LogP contribution in [0.3, 0.4) is 0 Å². The first-order chi connectivity index (χ1) is 16.7. The lowest BCUT2D eigenvalue weighted by Crippen LogP contribution is -2.68. The molecule has 196 valence electrons. The highest BCUT2D eigenvalue weighted by atomic mass is 28.4. The minimum absolute atomic E-state index is 0.00448. The Kier molecular flexibility index (Phi) is 7.23. The van der Waals surface area contributed by atoms with Gasteiger partial charge in [-0.2, -0.15) is 0 Å². The molecule has 6 heteroatoms. The maximum Gasteiger partial charge on any atom is 0.306 e. The number of hydrogen-bond acceptors (Lipinski definition) is 4. The van der Waals surface area contributed by atoms with E-state index in [1.54, 1.807) is 0 Å². The van der Waals surface area contributed by atoms with Crippen LogP contribution >= 0.6 is 0 Å². The molecule has 1 N–H and O–H groups in total. The molecule has 5 atom stereocenters. The fraction of sp³-hybridized carbons (Fsp3) is 0.567. The zero-order valence-corrected chi connectivity index (χ0v) is 25.2. The summed E-state index contributed by atoms with van der Waals surface area (Å²) in [6.07, 6.45) is 0.674. The molecule has 0 aromatic heterocycles. The first kappa shape index (κ1) is 27.3. The molecule has 4 rings (SSSR count). The molecule has 0 amide bonds. The summed E-state index contributed by atoms with van der Waals surface area (Å²) >= 11 is 0. The van der Waals surface area contributed by atoms with Crippen molar-refractivity contribution in [3.63, 3.8) is 0 Å². The van der Waals surface area contributed by atoms with Crippen LogP contribution < -0.4 is 10.4 Å². The van der Waals surface area contributed by atoms with Gasteiger partial charge in [-0.05, 0) is 20.4 Å². The smallest absolute Gasteiger partial charge is 0.306 e. The van der Waals surface area contributed by atoms with Gasteiger partial charge in [0.15, 0.2) is 0 Å². The largest absolute Gasteiger partial charge is 0.462 e. The second kappa shape index (κ2) is 9.53. The first-order valence-corrected chi connectivity index (χ1v) is 18.3. The molecule has 4 nitrogen and oxygen atoms in total. The molecule has 2 aromatic carbocycles. The van der Waals surface area contributed by atoms with Crippen LogP contribution in [0, 0.1) is 11.8 Å². The second-order valence-electron chi connectivity index (χ2n) is 13.4. The lowest BCUT2D eigenvalue weighted by molar-refractivity contribution is -0.141. The van der Waals surface area contributed by atoms with E-state index >= 15 is 0 Å². The molecule has 36 heavy (non-hydrogen) atoms. The Morgan fingerprint density at radius 1 is 0.889 bits per heavy atom. The summed E-state index contributed by atoms with van der Waals surface area (Å²) in [5.74, 6) is -0.254. The third-order valence-electron chi connectivity index (χ3n) is 9.33. The lowest BCUT2D eigenvalue weighted by atomic mass is 9.93. The summed E-state index contributed by atoms with van der Waals surface area (Å²) in [5, 5.41) is 14.4. The first-order valence-electron chi connectivity index (χ1n) is 13.4. The summed E-state index contributed by atoms with van der Waals surface area (Å²) in [6.45, 7) is 18.1. The van der Waals surface area contributed by atoms with Gasteiger partial charge < -0.3 is 14.3 Å². The van der Waals surface area contributed by atoms with Crippen molar-refractivity contribution in [2.45, 2.75) is 95.5 Å². The van der Waals surface area contributed by atoms with Gasteiger partial charge in [0, 0.05) is 18.3 Å². The van der Waals surface area contributed by atoms with Crippen molar-refractivity contribution in [2.24, 2.45) is 11.8 Å². The molecule has 2 aliphatic rings. The standard InChI is InChI=1S/C30H44O4Si2/c1-29(2,3)35(7,8)28(32)27-23-19-26(31)33-24(23)20-25(27)34-36(30(4,5)6,21-15-11-9-12-16-21)22-17-13-10-14-18-22/h9-18,23-25,27-28,32H,19-20H2,1-8H3/t23-,24-,25+,27-,28?/m1/s1. The van der Waals surface area contributed by atoms with Gasteiger partial charge in [0.25, 0.3) is 8.32 Å². The van der Waals surface area contributed by atoms with E-state index in [2.05, 4.69) is 115 Å². The number of benzene rings is 2. The molecular formula is C30H44O4Si2. The minimum Gasteiger partial charge on any atom is -0.462 e. The summed E-state index contributed by atoms with van der Waals surface area (Å²) in [5.41, 5.74) is -0.495. The Morgan fingerprint density at radius 2 is 1.39 bits per heavy atom. The lowest BCUT2D eigenvalue weighted by Gasteiger charge is -2.49. The molecule has 1 aliphatic heterocycles. The van der Waals surface area contributed by atoms with E-state index in [4.69, 9.17) is 9.16 Å². The molecule has 1 heterocycles. The van der Waals surface area contributed by atoms with Gasteiger partial charge in [-0.3, -0.25) is 4.79 Å². The van der Waals surface area contributed by atoms with Crippen LogP contribution in [0.4, 0.5) is 0 Å². The summed E-state index contributed by atoms with van der Waals surface area (Å²) < 4.78 is 13.4. The van der Waals surface area contributed by atoms with E-state index in [0.717, 1.165) is 0 Å². The van der Waals surface area contributed by atoms with Crippen LogP contribution in [-0.2, 0) is 14.0 Å². The van der Waals surface area contributed by atoms with Crippen molar-refractivity contribution in [1.82, 2.24) is 0 Å². The number of hydrogen-bond donors (Lipinski definition) is 1. The Morgan fingerprint density at radius 3 is 1.83 bits per heavy atom. The Labute approximate surface area is 219 Å². The molecule has 0 bridgehead atoms. The number of rotatable bonds is 6. The van der Waals surface area contributed by atoms with E-state index in [9.17, 15) is 9.90 Å². The molecule has 0 spiro atoms. The van der Waals surface area contributed by atoms with Gasteiger partial charge in [0.05, 0.1) is 26.3 Å². The highest BCUT2D eigenvalue weighted by Crippen LogP contribution is 2.51. The molecule has 2 aromatic rings. The van der Waals surface area contributed by atoms with Crippen LogP contribution in [0.15, 0.2) is 60.7 Å². The van der Waals surface area contributed by atoms with Crippen molar-refractivity contribution in [3.05, 3.63) is 60.7 Å². The number of fused-ring (bicyclic) bond motifs is 1. The highest BCUT2D eigenvalue weighted by Gasteiger charge is 2.61. The average molecular weight is 525 g/mol. The van der Waals surface area contributed by atoms with Gasteiger partial charge in [-0.1, -0.05) is 115 Å². The molecule has 0 radical (unpaired) electrons. The average Bonchev–Trinajstić information content (AvgIpc) is 3.31. The Balaban J connectivity index is 1.85. The normalized spacial score (nSPS) is 26.0. The fourth-order valence-corrected chi connectivity index (χ4v) is 13.3. The van der Waals surface area contributed by atoms with E-state index in [0.29, 0.717) is 12.8 Å². The van der Waals surface area contributed by atoms with Crippen molar-refractivity contribution < 1.29 is 19.1 Å². The topological polar surface area (TPSA) is 55.8 Å². The number of ether oxygens (including phenoxy) is 1. The van der Waals surface area contributed by atoms with Crippen LogP contribution in [-0.4, -0.2) is 45.4 Å². The zero-order valence-electron chi connectivity index (χ0n) is 23.2. The van der Waals surface area contributed by atoms with Gasteiger partial charge in [-0.25, -0.2) is 0 Å². The Bertz CT molecular complexity index is 1020. The molecule has 1 saturated heterocycles. The monoisotopic (exact) mass is 524 g/mol. The second-order valence-corrected chi connectivity index (χ2v) is 23.2. The van der Waals surface area contributed by atoms with Crippen molar-refractivity contribution in [1.29, 1.82) is 0 Å². The third-order valence-corrected chi connectivity index (χ3v) is 20.1. The SMILES string of the molecule is CC(C)(C)[Si](O[C@H]1C[C@H]2OC(=O)C[C@H]2[C@H]1C(O)[Si](C)(C)C(C)(C)C)(c1ccccc1)c1ccccc1. The van der Waals surface area contributed by atoms with E-state index in [1.807, 2.05) is 0 Å². The van der Waals surface area contributed by atoms with Gasteiger partial charge in [0.2, 0.25) is 0 Å². The highest BCUT2D eigenvalue weighted by molar-refractivity contribution is 6.99. The van der Waals surface area contributed by atoms with E-state index in [-0.39, 0.29) is 40.1 Å². The van der Waals surface area contributed by atoms with Crippen molar-refractivity contribution in [2.75, 3.05) is 0 Å². The van der Waals surface area contributed by atoms with Crippen LogP contribution in [0.2, 0.25) is 23.2 Å². The fourth-order valence-electron chi connectivity index (χ4n) is 6.30. The maximum atomic E-state index is 12.3. The van der Waals surface area contributed by atoms with E-state index < -0.39 is 22.1 Å². The van der Waals surface area contributed by atoms with Crippen LogP contribution in [0.5, 0.6) is 0 Å². The molecular weight excluding hydrogens is 480 g/mol. The van der Waals surface area contributed by atoms with Gasteiger partial charge in [-0.15, -0.1) is 0 Å². The zero-order chi connectivity index (χ0) is 26.5. The summed E-state index contributed by atoms with van der Waals surface area (Å²) in [6, 6.07) is 21.3. The summed E-state index contributed by atoms with van der Waals surface area (Å²) in [4.78, 5) is 12.3. The van der Waals surface area contributed by atoms with Crippen molar-refractivity contribution >= 4 is 32.7 Å².